The molecule has 0 saturated carbocycles. The van der Waals surface area contributed by atoms with Crippen LogP contribution in [-0.2, 0) is 6.42 Å². The Kier molecular flexibility index (Phi) is 2.27. The molecule has 3 rings (SSSR count). The average molecular weight is 226 g/mol. The van der Waals surface area contributed by atoms with E-state index in [2.05, 4.69) is 11.4 Å². The van der Waals surface area contributed by atoms with Crippen LogP contribution in [0.2, 0.25) is 0 Å². The fourth-order valence-corrected chi connectivity index (χ4v) is 3.13. The molecule has 3 heteroatoms. The van der Waals surface area contributed by atoms with Crippen LogP contribution in [0.3, 0.4) is 0 Å². The third-order valence-corrected chi connectivity index (χ3v) is 4.07. The Hall–Kier alpha value is -1.66. The molecule has 86 valence electrons. The average Bonchev–Trinajstić information content (AvgIpc) is 2.64. The van der Waals surface area contributed by atoms with Crippen molar-refractivity contribution in [1.82, 2.24) is 5.32 Å². The van der Waals surface area contributed by atoms with Crippen molar-refractivity contribution >= 4 is 5.78 Å². The van der Waals surface area contributed by atoms with E-state index in [0.717, 1.165) is 37.9 Å². The number of ketones is 1. The van der Waals surface area contributed by atoms with E-state index in [1.807, 2.05) is 12.1 Å². The van der Waals surface area contributed by atoms with Crippen molar-refractivity contribution in [1.29, 1.82) is 5.26 Å². The van der Waals surface area contributed by atoms with Crippen molar-refractivity contribution in [3.05, 3.63) is 34.9 Å². The molecule has 0 amide bonds. The summed E-state index contributed by atoms with van der Waals surface area (Å²) in [5.74, 6) is 0.200. The molecule has 0 bridgehead atoms. The maximum atomic E-state index is 12.6. The van der Waals surface area contributed by atoms with Crippen LogP contribution in [0, 0.1) is 16.7 Å². The van der Waals surface area contributed by atoms with Crippen molar-refractivity contribution < 1.29 is 4.79 Å². The van der Waals surface area contributed by atoms with Gasteiger partial charge in [0.25, 0.3) is 0 Å². The highest BCUT2D eigenvalue weighted by atomic mass is 16.1. The number of hydrogen-bond donors (Lipinski definition) is 1. The molecule has 17 heavy (non-hydrogen) atoms. The highest BCUT2D eigenvalue weighted by Crippen LogP contribution is 2.44. The molecule has 1 aromatic carbocycles. The lowest BCUT2D eigenvalue weighted by Crippen LogP contribution is -2.40. The Morgan fingerprint density at radius 3 is 2.76 bits per heavy atom. The second kappa shape index (κ2) is 3.68. The molecule has 0 unspecified atom stereocenters. The minimum Gasteiger partial charge on any atom is -0.317 e. The van der Waals surface area contributed by atoms with Crippen molar-refractivity contribution in [3.8, 4) is 6.07 Å². The SMILES string of the molecule is N#Cc1cccc2c1C(=O)C1(CCNCC1)C2. The minimum atomic E-state index is -0.222. The van der Waals surface area contributed by atoms with E-state index in [1.54, 1.807) is 6.07 Å². The summed E-state index contributed by atoms with van der Waals surface area (Å²) in [7, 11) is 0. The summed E-state index contributed by atoms with van der Waals surface area (Å²) < 4.78 is 0. The Morgan fingerprint density at radius 2 is 2.06 bits per heavy atom. The lowest BCUT2D eigenvalue weighted by atomic mass is 9.75. The zero-order valence-electron chi connectivity index (χ0n) is 9.62. The number of benzene rings is 1. The van der Waals surface area contributed by atoms with Gasteiger partial charge in [0, 0.05) is 11.0 Å². The number of carbonyl (C=O) groups is 1. The third-order valence-electron chi connectivity index (χ3n) is 4.07. The van der Waals surface area contributed by atoms with Gasteiger partial charge >= 0.3 is 0 Å². The number of Topliss-reactive ketones (excluding diaryl/α,β-unsaturated/α-hetero) is 1. The van der Waals surface area contributed by atoms with E-state index in [1.165, 1.54) is 0 Å². The Balaban J connectivity index is 2.09. The second-order valence-electron chi connectivity index (χ2n) is 4.99. The smallest absolute Gasteiger partial charge is 0.171 e. The van der Waals surface area contributed by atoms with Crippen molar-refractivity contribution in [2.45, 2.75) is 19.3 Å². The van der Waals surface area contributed by atoms with Gasteiger partial charge in [-0.25, -0.2) is 0 Å². The van der Waals surface area contributed by atoms with Crippen LogP contribution in [0.15, 0.2) is 18.2 Å². The molecular weight excluding hydrogens is 212 g/mol. The molecule has 0 radical (unpaired) electrons. The molecule has 2 aliphatic rings. The van der Waals surface area contributed by atoms with Crippen LogP contribution in [0.5, 0.6) is 0 Å². The fourth-order valence-electron chi connectivity index (χ4n) is 3.13. The molecule has 0 aromatic heterocycles. The predicted octanol–water partition coefficient (Wildman–Crippen LogP) is 1.67. The highest BCUT2D eigenvalue weighted by Gasteiger charge is 2.46. The summed E-state index contributed by atoms with van der Waals surface area (Å²) >= 11 is 0. The van der Waals surface area contributed by atoms with E-state index in [0.29, 0.717) is 11.1 Å². The number of nitriles is 1. The summed E-state index contributed by atoms with van der Waals surface area (Å²) in [5, 5.41) is 12.4. The number of hydrogen-bond acceptors (Lipinski definition) is 3. The first kappa shape index (κ1) is 10.5. The molecule has 1 fully saturated rings. The first-order chi connectivity index (χ1) is 8.27. The van der Waals surface area contributed by atoms with E-state index >= 15 is 0 Å². The Morgan fingerprint density at radius 1 is 1.29 bits per heavy atom. The predicted molar refractivity (Wildman–Crippen MR) is 63.7 cm³/mol. The van der Waals surface area contributed by atoms with Gasteiger partial charge in [0.2, 0.25) is 0 Å². The number of piperidine rings is 1. The van der Waals surface area contributed by atoms with E-state index in [4.69, 9.17) is 5.26 Å². The molecule has 1 N–H and O–H groups in total. The van der Waals surface area contributed by atoms with Crippen LogP contribution in [-0.4, -0.2) is 18.9 Å². The van der Waals surface area contributed by atoms with Crippen molar-refractivity contribution in [3.63, 3.8) is 0 Å². The van der Waals surface area contributed by atoms with E-state index < -0.39 is 0 Å². The Labute approximate surface area is 100 Å². The molecule has 1 heterocycles. The van der Waals surface area contributed by atoms with Crippen LogP contribution >= 0.6 is 0 Å². The number of nitrogens with one attached hydrogen (secondary N) is 1. The summed E-state index contributed by atoms with van der Waals surface area (Å²) in [4.78, 5) is 12.6. The lowest BCUT2D eigenvalue weighted by molar-refractivity contribution is 0.0761. The van der Waals surface area contributed by atoms with Gasteiger partial charge < -0.3 is 5.32 Å². The lowest BCUT2D eigenvalue weighted by Gasteiger charge is -2.32. The number of nitrogens with zero attached hydrogens (tertiary/aromatic N) is 1. The number of rotatable bonds is 0. The number of fused-ring (bicyclic) bond motifs is 1. The van der Waals surface area contributed by atoms with Gasteiger partial charge in [0.1, 0.15) is 0 Å². The highest BCUT2D eigenvalue weighted by molar-refractivity contribution is 6.06. The van der Waals surface area contributed by atoms with Gasteiger partial charge in [-0.05, 0) is 44.0 Å². The summed E-state index contributed by atoms with van der Waals surface area (Å²) in [6, 6.07) is 7.76. The molecule has 3 nitrogen and oxygen atoms in total. The first-order valence-electron chi connectivity index (χ1n) is 6.04. The first-order valence-corrected chi connectivity index (χ1v) is 6.04. The van der Waals surface area contributed by atoms with Gasteiger partial charge in [0.05, 0.1) is 11.6 Å². The normalized spacial score (nSPS) is 21.2. The van der Waals surface area contributed by atoms with Gasteiger partial charge in [0.15, 0.2) is 5.78 Å². The zero-order chi connectivity index (χ0) is 11.9. The fraction of sp³-hybridized carbons (Fsp3) is 0.429. The largest absolute Gasteiger partial charge is 0.317 e. The van der Waals surface area contributed by atoms with Crippen LogP contribution in [0.1, 0.15) is 34.3 Å². The monoisotopic (exact) mass is 226 g/mol. The second-order valence-corrected chi connectivity index (χ2v) is 4.99. The summed E-state index contributed by atoms with van der Waals surface area (Å²) in [6.07, 6.45) is 2.61. The molecule has 1 saturated heterocycles. The molecular formula is C14H14N2O. The summed E-state index contributed by atoms with van der Waals surface area (Å²) in [6.45, 7) is 1.81. The maximum absolute atomic E-state index is 12.6. The van der Waals surface area contributed by atoms with Crippen molar-refractivity contribution in [2.75, 3.05) is 13.1 Å². The molecule has 1 spiro atoms. The molecule has 0 atom stereocenters. The van der Waals surface area contributed by atoms with Gasteiger partial charge in [-0.2, -0.15) is 5.26 Å². The molecule has 1 aliphatic carbocycles. The molecule has 1 aromatic rings. The van der Waals surface area contributed by atoms with Gasteiger partial charge in [-0.15, -0.1) is 0 Å². The third kappa shape index (κ3) is 1.41. The Bertz CT molecular complexity index is 522. The minimum absolute atomic E-state index is 0.200. The van der Waals surface area contributed by atoms with Gasteiger partial charge in [-0.3, -0.25) is 4.79 Å². The van der Waals surface area contributed by atoms with Crippen LogP contribution < -0.4 is 5.32 Å². The van der Waals surface area contributed by atoms with Gasteiger partial charge in [-0.1, -0.05) is 12.1 Å². The zero-order valence-corrected chi connectivity index (χ0v) is 9.62. The van der Waals surface area contributed by atoms with Crippen LogP contribution in [0.25, 0.3) is 0 Å². The van der Waals surface area contributed by atoms with Crippen molar-refractivity contribution in [2.24, 2.45) is 5.41 Å². The van der Waals surface area contributed by atoms with E-state index in [-0.39, 0.29) is 11.2 Å². The van der Waals surface area contributed by atoms with Crippen LogP contribution in [0.4, 0.5) is 0 Å². The quantitative estimate of drug-likeness (QED) is 0.732. The standard InChI is InChI=1S/C14H14N2O/c15-9-11-3-1-2-10-8-14(13(17)12(10)11)4-6-16-7-5-14/h1-3,16H,4-8H2. The van der Waals surface area contributed by atoms with E-state index in [9.17, 15) is 4.79 Å². The molecule has 1 aliphatic heterocycles. The maximum Gasteiger partial charge on any atom is 0.171 e. The summed E-state index contributed by atoms with van der Waals surface area (Å²) in [5.41, 5.74) is 2.08. The number of carbonyl (C=O) groups excluding carboxylic acids is 1. The topological polar surface area (TPSA) is 52.9 Å².